The number of aliphatic carboxylic acids is 1. The first-order chi connectivity index (χ1) is 14.4. The summed E-state index contributed by atoms with van der Waals surface area (Å²) in [6.45, 7) is 1.72. The summed E-state index contributed by atoms with van der Waals surface area (Å²) in [6.07, 6.45) is 3.76. The molecule has 1 atom stereocenters. The topological polar surface area (TPSA) is 105 Å². The maximum absolute atomic E-state index is 13.2. The van der Waals surface area contributed by atoms with Crippen LogP contribution in [0.25, 0.3) is 0 Å². The largest absolute Gasteiger partial charge is 0.495 e. The maximum Gasteiger partial charge on any atom is 0.303 e. The Morgan fingerprint density at radius 3 is 2.60 bits per heavy atom. The first-order valence-electron chi connectivity index (χ1n) is 9.99. The monoisotopic (exact) mass is 430 g/mol. The molecule has 1 heterocycles. The van der Waals surface area contributed by atoms with Crippen molar-refractivity contribution in [3.8, 4) is 5.75 Å². The molecule has 3 rings (SSSR count). The fourth-order valence-corrected chi connectivity index (χ4v) is 4.99. The number of hydrogen-bond donors (Lipinski definition) is 3. The molecular formula is C22H26N2O5S. The molecule has 0 radical (unpaired) electrons. The SMILES string of the molecule is COc1ccccc1NC(=O)c1c(NC(=O)C[C@@H](C)CC(=O)O)sc2c1CCCC2. The van der Waals surface area contributed by atoms with Crippen LogP contribution in [0.5, 0.6) is 5.75 Å². The summed E-state index contributed by atoms with van der Waals surface area (Å²) < 4.78 is 5.32. The average Bonchev–Trinajstić information content (AvgIpc) is 3.05. The summed E-state index contributed by atoms with van der Waals surface area (Å²) in [5.41, 5.74) is 2.06. The number of anilines is 2. The van der Waals surface area contributed by atoms with E-state index in [-0.39, 0.29) is 30.6 Å². The number of amides is 2. The molecule has 1 aliphatic rings. The minimum absolute atomic E-state index is 0.0739. The molecule has 2 aromatic rings. The summed E-state index contributed by atoms with van der Waals surface area (Å²) in [5, 5.41) is 15.2. The van der Waals surface area contributed by atoms with E-state index < -0.39 is 5.97 Å². The molecule has 160 valence electrons. The normalized spacial score (nSPS) is 13.8. The Morgan fingerprint density at radius 1 is 1.13 bits per heavy atom. The van der Waals surface area contributed by atoms with Crippen LogP contribution in [0.2, 0.25) is 0 Å². The van der Waals surface area contributed by atoms with Gasteiger partial charge >= 0.3 is 5.97 Å². The lowest BCUT2D eigenvalue weighted by molar-refractivity contribution is -0.138. The minimum Gasteiger partial charge on any atom is -0.495 e. The van der Waals surface area contributed by atoms with Crippen LogP contribution in [-0.2, 0) is 22.4 Å². The highest BCUT2D eigenvalue weighted by Crippen LogP contribution is 2.39. The van der Waals surface area contributed by atoms with Gasteiger partial charge < -0.3 is 20.5 Å². The standard InChI is InChI=1S/C22H26N2O5S/c1-13(12-19(26)27)11-18(25)24-22-20(14-7-3-6-10-17(14)30-22)21(28)23-15-8-4-5-9-16(15)29-2/h4-5,8-9,13H,3,6-7,10-12H2,1-2H3,(H,23,28)(H,24,25)(H,26,27)/t13-/m1/s1. The molecule has 0 saturated heterocycles. The molecule has 0 saturated carbocycles. The number of rotatable bonds is 8. The van der Waals surface area contributed by atoms with E-state index in [2.05, 4.69) is 10.6 Å². The van der Waals surface area contributed by atoms with E-state index in [1.54, 1.807) is 26.2 Å². The predicted octanol–water partition coefficient (Wildman–Crippen LogP) is 4.33. The van der Waals surface area contributed by atoms with Gasteiger partial charge in [0.25, 0.3) is 5.91 Å². The summed E-state index contributed by atoms with van der Waals surface area (Å²) in [6, 6.07) is 7.17. The van der Waals surface area contributed by atoms with E-state index in [0.29, 0.717) is 22.0 Å². The quantitative estimate of drug-likeness (QED) is 0.578. The van der Waals surface area contributed by atoms with E-state index in [4.69, 9.17) is 9.84 Å². The molecule has 0 unspecified atom stereocenters. The van der Waals surface area contributed by atoms with E-state index in [9.17, 15) is 14.4 Å². The van der Waals surface area contributed by atoms with Gasteiger partial charge in [0, 0.05) is 17.7 Å². The highest BCUT2D eigenvalue weighted by molar-refractivity contribution is 7.17. The zero-order valence-electron chi connectivity index (χ0n) is 17.1. The molecule has 8 heteroatoms. The second-order valence-electron chi connectivity index (χ2n) is 7.52. The zero-order chi connectivity index (χ0) is 21.7. The number of hydrogen-bond acceptors (Lipinski definition) is 5. The molecule has 0 spiro atoms. The van der Waals surface area contributed by atoms with Gasteiger partial charge in [-0.15, -0.1) is 11.3 Å². The van der Waals surface area contributed by atoms with Crippen LogP contribution in [-0.4, -0.2) is 30.0 Å². The molecule has 1 aromatic carbocycles. The third kappa shape index (κ3) is 5.18. The van der Waals surface area contributed by atoms with Crippen molar-refractivity contribution >= 4 is 39.8 Å². The van der Waals surface area contributed by atoms with Crippen molar-refractivity contribution in [2.75, 3.05) is 17.7 Å². The van der Waals surface area contributed by atoms with Crippen molar-refractivity contribution in [1.29, 1.82) is 0 Å². The summed E-state index contributed by atoms with van der Waals surface area (Å²) in [5.74, 6) is -1.23. The number of methoxy groups -OCH3 is 1. The number of carboxylic acids is 1. The number of fused-ring (bicyclic) bond motifs is 1. The molecule has 7 nitrogen and oxygen atoms in total. The van der Waals surface area contributed by atoms with Crippen LogP contribution < -0.4 is 15.4 Å². The average molecular weight is 431 g/mol. The Balaban J connectivity index is 1.84. The number of carboxylic acid groups (broad SMARTS) is 1. The van der Waals surface area contributed by atoms with Gasteiger partial charge in [0.15, 0.2) is 0 Å². The second-order valence-corrected chi connectivity index (χ2v) is 8.63. The van der Waals surface area contributed by atoms with E-state index in [0.717, 1.165) is 36.1 Å². The molecule has 30 heavy (non-hydrogen) atoms. The van der Waals surface area contributed by atoms with Gasteiger partial charge in [0.1, 0.15) is 10.8 Å². The molecule has 0 bridgehead atoms. The van der Waals surface area contributed by atoms with Crippen molar-refractivity contribution in [3.05, 3.63) is 40.3 Å². The summed E-state index contributed by atoms with van der Waals surface area (Å²) in [4.78, 5) is 37.7. The third-order valence-electron chi connectivity index (χ3n) is 5.06. The van der Waals surface area contributed by atoms with Crippen molar-refractivity contribution in [2.45, 2.75) is 45.4 Å². The predicted molar refractivity (Wildman–Crippen MR) is 117 cm³/mol. The molecule has 0 fully saturated rings. The molecular weight excluding hydrogens is 404 g/mol. The van der Waals surface area contributed by atoms with E-state index >= 15 is 0 Å². The lowest BCUT2D eigenvalue weighted by Crippen LogP contribution is -2.20. The summed E-state index contributed by atoms with van der Waals surface area (Å²) in [7, 11) is 1.54. The van der Waals surface area contributed by atoms with Gasteiger partial charge in [-0.3, -0.25) is 14.4 Å². The number of carbonyl (C=O) groups excluding carboxylic acids is 2. The Labute approximate surface area is 179 Å². The lowest BCUT2D eigenvalue weighted by Gasteiger charge is -2.15. The lowest BCUT2D eigenvalue weighted by atomic mass is 9.95. The highest BCUT2D eigenvalue weighted by Gasteiger charge is 2.27. The molecule has 0 aliphatic heterocycles. The fraction of sp³-hybridized carbons (Fsp3) is 0.409. The number of para-hydroxylation sites is 2. The van der Waals surface area contributed by atoms with E-state index in [1.807, 2.05) is 12.1 Å². The Morgan fingerprint density at radius 2 is 1.87 bits per heavy atom. The molecule has 1 aliphatic carbocycles. The number of ether oxygens (including phenoxy) is 1. The van der Waals surface area contributed by atoms with Crippen LogP contribution in [0.15, 0.2) is 24.3 Å². The van der Waals surface area contributed by atoms with Crippen LogP contribution in [0.3, 0.4) is 0 Å². The van der Waals surface area contributed by atoms with Crippen molar-refractivity contribution in [2.24, 2.45) is 5.92 Å². The van der Waals surface area contributed by atoms with Gasteiger partial charge in [0.2, 0.25) is 5.91 Å². The van der Waals surface area contributed by atoms with Crippen LogP contribution in [0.1, 0.15) is 53.4 Å². The van der Waals surface area contributed by atoms with E-state index in [1.165, 1.54) is 11.3 Å². The first kappa shape index (κ1) is 21.8. The van der Waals surface area contributed by atoms with Gasteiger partial charge in [-0.1, -0.05) is 19.1 Å². The van der Waals surface area contributed by atoms with Gasteiger partial charge in [0.05, 0.1) is 18.4 Å². The van der Waals surface area contributed by atoms with Crippen LogP contribution >= 0.6 is 11.3 Å². The highest BCUT2D eigenvalue weighted by atomic mass is 32.1. The second kappa shape index (κ2) is 9.75. The number of carbonyl (C=O) groups is 3. The van der Waals surface area contributed by atoms with Crippen molar-refractivity contribution < 1.29 is 24.2 Å². The smallest absolute Gasteiger partial charge is 0.303 e. The number of benzene rings is 1. The van der Waals surface area contributed by atoms with Crippen molar-refractivity contribution in [1.82, 2.24) is 0 Å². The van der Waals surface area contributed by atoms with Crippen LogP contribution in [0.4, 0.5) is 10.7 Å². The van der Waals surface area contributed by atoms with Gasteiger partial charge in [-0.25, -0.2) is 0 Å². The number of aryl methyl sites for hydroxylation is 1. The van der Waals surface area contributed by atoms with Crippen molar-refractivity contribution in [3.63, 3.8) is 0 Å². The number of nitrogens with one attached hydrogen (secondary N) is 2. The molecule has 1 aromatic heterocycles. The summed E-state index contributed by atoms with van der Waals surface area (Å²) >= 11 is 1.44. The first-order valence-corrected chi connectivity index (χ1v) is 10.8. The molecule has 2 amide bonds. The Kier molecular flexibility index (Phi) is 7.10. The number of thiophene rings is 1. The van der Waals surface area contributed by atoms with Gasteiger partial charge in [-0.2, -0.15) is 0 Å². The van der Waals surface area contributed by atoms with Gasteiger partial charge in [-0.05, 0) is 49.3 Å². The minimum atomic E-state index is -0.932. The Hall–Kier alpha value is -2.87. The molecule has 3 N–H and O–H groups in total. The maximum atomic E-state index is 13.2. The fourth-order valence-electron chi connectivity index (χ4n) is 3.69. The third-order valence-corrected chi connectivity index (χ3v) is 6.27. The Bertz CT molecular complexity index is 953. The van der Waals surface area contributed by atoms with Crippen LogP contribution in [0, 0.1) is 5.92 Å². The zero-order valence-corrected chi connectivity index (χ0v) is 17.9.